The van der Waals surface area contributed by atoms with Gasteiger partial charge in [0, 0.05) is 18.0 Å². The van der Waals surface area contributed by atoms with E-state index in [9.17, 15) is 4.79 Å². The monoisotopic (exact) mass is 217 g/mol. The maximum atomic E-state index is 10.9. The van der Waals surface area contributed by atoms with Gasteiger partial charge in [0.25, 0.3) is 0 Å². The van der Waals surface area contributed by atoms with Crippen LogP contribution in [0, 0.1) is 0 Å². The molecule has 0 fully saturated rings. The van der Waals surface area contributed by atoms with Crippen molar-refractivity contribution in [2.45, 2.75) is 6.92 Å². The van der Waals surface area contributed by atoms with Crippen LogP contribution < -0.4 is 0 Å². The van der Waals surface area contributed by atoms with E-state index in [0.717, 1.165) is 5.69 Å². The van der Waals surface area contributed by atoms with Crippen molar-refractivity contribution in [2.24, 2.45) is 0 Å². The number of nitrogens with one attached hydrogen (secondary N) is 1. The molecule has 3 heteroatoms. The Hall–Kier alpha value is -2.03. The average molecular weight is 217 g/mol. The Morgan fingerprint density at radius 2 is 2.19 bits per heavy atom. The van der Waals surface area contributed by atoms with E-state index >= 15 is 0 Å². The van der Waals surface area contributed by atoms with Crippen LogP contribution in [0.15, 0.2) is 48.7 Å². The molecule has 1 N–H and O–H groups in total. The Bertz CT molecular complexity index is 386. The van der Waals surface area contributed by atoms with Crippen molar-refractivity contribution < 1.29 is 9.53 Å². The number of carbonyl (C=O) groups excluding carboxylic acids is 1. The molecule has 0 aliphatic carbocycles. The second kappa shape index (κ2) is 7.29. The number of carbonyl (C=O) groups is 1. The molecular formula is C13H15NO2. The van der Waals surface area contributed by atoms with Gasteiger partial charge < -0.3 is 9.72 Å². The van der Waals surface area contributed by atoms with Crippen LogP contribution in [0.25, 0.3) is 6.08 Å². The molecule has 16 heavy (non-hydrogen) atoms. The minimum atomic E-state index is -0.319. The second-order valence-electron chi connectivity index (χ2n) is 2.98. The number of rotatable bonds is 5. The molecular weight excluding hydrogens is 202 g/mol. The van der Waals surface area contributed by atoms with E-state index in [-0.39, 0.29) is 5.97 Å². The highest BCUT2D eigenvalue weighted by Crippen LogP contribution is 1.97. The molecule has 84 valence electrons. The van der Waals surface area contributed by atoms with E-state index in [2.05, 4.69) is 4.98 Å². The SMILES string of the molecule is CCOC(=O)/C=C/C=C/C=C/c1ccc[nH]1. The third-order valence-corrected chi connectivity index (χ3v) is 1.75. The second-order valence-corrected chi connectivity index (χ2v) is 2.98. The highest BCUT2D eigenvalue weighted by Gasteiger charge is 1.89. The van der Waals surface area contributed by atoms with Crippen molar-refractivity contribution in [2.75, 3.05) is 6.61 Å². The fraction of sp³-hybridized carbons (Fsp3) is 0.154. The first-order chi connectivity index (χ1) is 7.83. The van der Waals surface area contributed by atoms with Crippen LogP contribution in [-0.4, -0.2) is 17.6 Å². The lowest BCUT2D eigenvalue weighted by Gasteiger charge is -1.92. The first-order valence-electron chi connectivity index (χ1n) is 5.14. The Morgan fingerprint density at radius 1 is 1.38 bits per heavy atom. The van der Waals surface area contributed by atoms with E-state index in [1.54, 1.807) is 19.1 Å². The Morgan fingerprint density at radius 3 is 2.88 bits per heavy atom. The minimum absolute atomic E-state index is 0.319. The first-order valence-corrected chi connectivity index (χ1v) is 5.14. The minimum Gasteiger partial charge on any atom is -0.463 e. The van der Waals surface area contributed by atoms with Crippen LogP contribution in [0.3, 0.4) is 0 Å². The predicted octanol–water partition coefficient (Wildman–Crippen LogP) is 2.70. The van der Waals surface area contributed by atoms with E-state index < -0.39 is 0 Å². The van der Waals surface area contributed by atoms with Crippen LogP contribution in [0.4, 0.5) is 0 Å². The molecule has 1 heterocycles. The zero-order chi connectivity index (χ0) is 11.6. The van der Waals surface area contributed by atoms with Gasteiger partial charge in [-0.2, -0.15) is 0 Å². The van der Waals surface area contributed by atoms with Gasteiger partial charge in [-0.1, -0.05) is 24.3 Å². The number of allylic oxidation sites excluding steroid dienone is 4. The number of aromatic amines is 1. The van der Waals surface area contributed by atoms with Crippen LogP contribution in [0.1, 0.15) is 12.6 Å². The lowest BCUT2D eigenvalue weighted by Crippen LogP contribution is -1.98. The van der Waals surface area contributed by atoms with E-state index in [1.807, 2.05) is 36.6 Å². The third-order valence-electron chi connectivity index (χ3n) is 1.75. The van der Waals surface area contributed by atoms with Crippen molar-refractivity contribution >= 4 is 12.0 Å². The maximum Gasteiger partial charge on any atom is 0.330 e. The number of ether oxygens (including phenoxy) is 1. The van der Waals surface area contributed by atoms with Crippen LogP contribution in [0.5, 0.6) is 0 Å². The first kappa shape index (κ1) is 12.0. The number of aromatic nitrogens is 1. The largest absolute Gasteiger partial charge is 0.463 e. The van der Waals surface area contributed by atoms with E-state index in [0.29, 0.717) is 6.61 Å². The van der Waals surface area contributed by atoms with Gasteiger partial charge in [0.2, 0.25) is 0 Å². The third kappa shape index (κ3) is 5.00. The highest BCUT2D eigenvalue weighted by molar-refractivity contribution is 5.82. The molecule has 0 bridgehead atoms. The summed E-state index contributed by atoms with van der Waals surface area (Å²) in [5.41, 5.74) is 1.04. The lowest BCUT2D eigenvalue weighted by molar-refractivity contribution is -0.137. The molecule has 0 amide bonds. The Labute approximate surface area is 95.1 Å². The molecule has 0 saturated carbocycles. The number of esters is 1. The van der Waals surface area contributed by atoms with Gasteiger partial charge >= 0.3 is 5.97 Å². The lowest BCUT2D eigenvalue weighted by atomic mass is 10.3. The fourth-order valence-corrected chi connectivity index (χ4v) is 1.06. The van der Waals surface area contributed by atoms with E-state index in [4.69, 9.17) is 4.74 Å². The van der Waals surface area contributed by atoms with Crippen LogP contribution in [-0.2, 0) is 9.53 Å². The zero-order valence-electron chi connectivity index (χ0n) is 9.22. The van der Waals surface area contributed by atoms with Crippen molar-refractivity contribution in [1.29, 1.82) is 0 Å². The van der Waals surface area contributed by atoms with Crippen molar-refractivity contribution in [3.05, 3.63) is 54.4 Å². The van der Waals surface area contributed by atoms with Crippen molar-refractivity contribution in [1.82, 2.24) is 4.98 Å². The molecule has 0 radical (unpaired) electrons. The summed E-state index contributed by atoms with van der Waals surface area (Å²) < 4.78 is 4.72. The Balaban J connectivity index is 2.30. The summed E-state index contributed by atoms with van der Waals surface area (Å²) in [7, 11) is 0. The molecule has 0 saturated heterocycles. The normalized spacial score (nSPS) is 11.8. The van der Waals surface area contributed by atoms with Gasteiger partial charge in [0.15, 0.2) is 0 Å². The molecule has 1 aromatic rings. The molecule has 1 rings (SSSR count). The maximum absolute atomic E-state index is 10.9. The summed E-state index contributed by atoms with van der Waals surface area (Å²) in [6.45, 7) is 2.18. The van der Waals surface area contributed by atoms with Crippen molar-refractivity contribution in [3.63, 3.8) is 0 Å². The highest BCUT2D eigenvalue weighted by atomic mass is 16.5. The standard InChI is InChI=1S/C13H15NO2/c1-2-16-13(15)10-6-4-3-5-8-12-9-7-11-14-12/h3-11,14H,2H2,1H3/b4-3+,8-5+,10-6+. The molecule has 0 unspecified atom stereocenters. The van der Waals surface area contributed by atoms with Crippen LogP contribution >= 0.6 is 0 Å². The number of hydrogen-bond donors (Lipinski definition) is 1. The molecule has 3 nitrogen and oxygen atoms in total. The topological polar surface area (TPSA) is 42.1 Å². The summed E-state index contributed by atoms with van der Waals surface area (Å²) in [6, 6.07) is 3.91. The molecule has 0 spiro atoms. The van der Waals surface area contributed by atoms with Gasteiger partial charge in [-0.25, -0.2) is 4.79 Å². The zero-order valence-corrected chi connectivity index (χ0v) is 9.22. The van der Waals surface area contributed by atoms with Crippen LogP contribution in [0.2, 0.25) is 0 Å². The molecule has 0 aliphatic rings. The van der Waals surface area contributed by atoms with E-state index in [1.165, 1.54) is 6.08 Å². The van der Waals surface area contributed by atoms with Gasteiger partial charge in [0.05, 0.1) is 6.61 Å². The summed E-state index contributed by atoms with van der Waals surface area (Å²) in [5.74, 6) is -0.319. The van der Waals surface area contributed by atoms with Gasteiger partial charge in [-0.3, -0.25) is 0 Å². The fourth-order valence-electron chi connectivity index (χ4n) is 1.06. The Kier molecular flexibility index (Phi) is 5.48. The smallest absolute Gasteiger partial charge is 0.330 e. The van der Waals surface area contributed by atoms with Crippen molar-refractivity contribution in [3.8, 4) is 0 Å². The predicted molar refractivity (Wildman–Crippen MR) is 64.7 cm³/mol. The van der Waals surface area contributed by atoms with Gasteiger partial charge in [-0.05, 0) is 25.1 Å². The molecule has 1 aromatic heterocycles. The number of hydrogen-bond acceptors (Lipinski definition) is 2. The molecule has 0 aliphatic heterocycles. The average Bonchev–Trinajstić information content (AvgIpc) is 2.76. The summed E-state index contributed by atoms with van der Waals surface area (Å²) in [4.78, 5) is 13.9. The molecule has 0 atom stereocenters. The quantitative estimate of drug-likeness (QED) is 0.468. The van der Waals surface area contributed by atoms with Gasteiger partial charge in [0.1, 0.15) is 0 Å². The molecule has 0 aromatic carbocycles. The van der Waals surface area contributed by atoms with Gasteiger partial charge in [-0.15, -0.1) is 0 Å². The summed E-state index contributed by atoms with van der Waals surface area (Å²) >= 11 is 0. The number of H-pyrrole nitrogens is 1. The summed E-state index contributed by atoms with van der Waals surface area (Å²) in [5, 5.41) is 0. The summed E-state index contributed by atoms with van der Waals surface area (Å²) in [6.07, 6.45) is 12.4.